The van der Waals surface area contributed by atoms with Gasteiger partial charge in [0, 0.05) is 24.6 Å². The molecular formula is C16H17BrFNO. The number of nitrogens with zero attached hydrogens (tertiary/aromatic N) is 1. The van der Waals surface area contributed by atoms with Crippen molar-refractivity contribution in [3.05, 3.63) is 59.4 Å². The number of alkyl halides is 1. The molecule has 0 saturated heterocycles. The molecule has 0 aliphatic heterocycles. The Morgan fingerprint density at radius 3 is 2.45 bits per heavy atom. The summed E-state index contributed by atoms with van der Waals surface area (Å²) in [5.74, 6) is 0.639. The highest BCUT2D eigenvalue weighted by Gasteiger charge is 2.08. The third kappa shape index (κ3) is 3.51. The van der Waals surface area contributed by atoms with Crippen LogP contribution in [-0.2, 0) is 11.9 Å². The van der Waals surface area contributed by atoms with Crippen LogP contribution in [-0.4, -0.2) is 14.2 Å². The molecule has 0 fully saturated rings. The second kappa shape index (κ2) is 6.75. The molecule has 4 heteroatoms. The summed E-state index contributed by atoms with van der Waals surface area (Å²) in [6.07, 6.45) is 0. The molecule has 0 bridgehead atoms. The summed E-state index contributed by atoms with van der Waals surface area (Å²) in [5.41, 5.74) is 3.15. The number of rotatable bonds is 5. The summed E-state index contributed by atoms with van der Waals surface area (Å²) in [4.78, 5) is 2.11. The van der Waals surface area contributed by atoms with Crippen molar-refractivity contribution in [2.24, 2.45) is 0 Å². The van der Waals surface area contributed by atoms with Crippen LogP contribution >= 0.6 is 15.9 Å². The van der Waals surface area contributed by atoms with Crippen molar-refractivity contribution in [1.82, 2.24) is 0 Å². The first-order valence-corrected chi connectivity index (χ1v) is 7.44. The van der Waals surface area contributed by atoms with E-state index in [1.807, 2.05) is 37.4 Å². The lowest BCUT2D eigenvalue weighted by Gasteiger charge is -2.22. The fourth-order valence-electron chi connectivity index (χ4n) is 2.12. The third-order valence-corrected chi connectivity index (χ3v) is 3.78. The zero-order chi connectivity index (χ0) is 14.5. The van der Waals surface area contributed by atoms with Gasteiger partial charge in [0.1, 0.15) is 11.6 Å². The van der Waals surface area contributed by atoms with Gasteiger partial charge in [-0.3, -0.25) is 0 Å². The van der Waals surface area contributed by atoms with Gasteiger partial charge in [-0.05, 0) is 41.5 Å². The van der Waals surface area contributed by atoms with Crippen molar-refractivity contribution in [3.63, 3.8) is 0 Å². The summed E-state index contributed by atoms with van der Waals surface area (Å²) in [6.45, 7) is 0.760. The quantitative estimate of drug-likeness (QED) is 0.751. The average molecular weight is 338 g/mol. The van der Waals surface area contributed by atoms with Crippen molar-refractivity contribution in [2.45, 2.75) is 11.9 Å². The molecule has 0 heterocycles. The maximum Gasteiger partial charge on any atom is 0.123 e. The largest absolute Gasteiger partial charge is 0.497 e. The summed E-state index contributed by atoms with van der Waals surface area (Å²) in [7, 11) is 3.66. The standard InChI is InChI=1S/C16H17BrFNO/c1-19(11-12-3-6-15(20-2)7-4-12)16-8-5-14(18)9-13(16)10-17/h3-9H,10-11H2,1-2H3. The van der Waals surface area contributed by atoms with Gasteiger partial charge in [-0.2, -0.15) is 0 Å². The van der Waals surface area contributed by atoms with Crippen LogP contribution in [0.3, 0.4) is 0 Å². The smallest absolute Gasteiger partial charge is 0.123 e. The predicted molar refractivity (Wildman–Crippen MR) is 84.1 cm³/mol. The molecule has 2 nitrogen and oxygen atoms in total. The number of hydrogen-bond acceptors (Lipinski definition) is 2. The molecule has 2 aromatic rings. The van der Waals surface area contributed by atoms with Crippen molar-refractivity contribution in [2.75, 3.05) is 19.1 Å². The maximum atomic E-state index is 13.3. The fraction of sp³-hybridized carbons (Fsp3) is 0.250. The Hall–Kier alpha value is -1.55. The van der Waals surface area contributed by atoms with Crippen LogP contribution in [0.15, 0.2) is 42.5 Å². The van der Waals surface area contributed by atoms with Crippen LogP contribution < -0.4 is 9.64 Å². The molecule has 2 aromatic carbocycles. The highest BCUT2D eigenvalue weighted by atomic mass is 79.9. The highest BCUT2D eigenvalue weighted by molar-refractivity contribution is 9.08. The van der Waals surface area contributed by atoms with Gasteiger partial charge in [0.15, 0.2) is 0 Å². The normalized spacial score (nSPS) is 10.4. The summed E-state index contributed by atoms with van der Waals surface area (Å²) in [5, 5.41) is 0.632. The van der Waals surface area contributed by atoms with Crippen molar-refractivity contribution in [3.8, 4) is 5.75 Å². The predicted octanol–water partition coefficient (Wildman–Crippen LogP) is 4.37. The zero-order valence-electron chi connectivity index (χ0n) is 11.6. The minimum atomic E-state index is -0.207. The Kier molecular flexibility index (Phi) is 5.01. The molecule has 106 valence electrons. The van der Waals surface area contributed by atoms with Crippen LogP contribution in [0.4, 0.5) is 10.1 Å². The van der Waals surface area contributed by atoms with E-state index >= 15 is 0 Å². The first-order chi connectivity index (χ1) is 9.63. The van der Waals surface area contributed by atoms with Gasteiger partial charge in [-0.25, -0.2) is 4.39 Å². The molecule has 0 atom stereocenters. The Morgan fingerprint density at radius 1 is 1.15 bits per heavy atom. The molecule has 0 radical (unpaired) electrons. The van der Waals surface area contributed by atoms with Crippen molar-refractivity contribution >= 4 is 21.6 Å². The first-order valence-electron chi connectivity index (χ1n) is 6.32. The number of ether oxygens (including phenoxy) is 1. The third-order valence-electron chi connectivity index (χ3n) is 3.18. The molecule has 0 N–H and O–H groups in total. The van der Waals surface area contributed by atoms with Gasteiger partial charge in [-0.1, -0.05) is 28.1 Å². The Labute approximate surface area is 127 Å². The van der Waals surface area contributed by atoms with E-state index in [0.29, 0.717) is 5.33 Å². The van der Waals surface area contributed by atoms with Crippen LogP contribution in [0.5, 0.6) is 5.75 Å². The second-order valence-corrected chi connectivity index (χ2v) is 5.17. The van der Waals surface area contributed by atoms with Crippen molar-refractivity contribution < 1.29 is 9.13 Å². The molecular weight excluding hydrogens is 321 g/mol. The monoisotopic (exact) mass is 337 g/mol. The molecule has 0 aliphatic carbocycles. The van der Waals surface area contributed by atoms with E-state index in [1.54, 1.807) is 13.2 Å². The summed E-state index contributed by atoms with van der Waals surface area (Å²) >= 11 is 3.41. The number of anilines is 1. The summed E-state index contributed by atoms with van der Waals surface area (Å²) in [6, 6.07) is 12.8. The minimum Gasteiger partial charge on any atom is -0.497 e. The second-order valence-electron chi connectivity index (χ2n) is 4.61. The highest BCUT2D eigenvalue weighted by Crippen LogP contribution is 2.24. The average Bonchev–Trinajstić information content (AvgIpc) is 2.47. The number of hydrogen-bond donors (Lipinski definition) is 0. The topological polar surface area (TPSA) is 12.5 Å². The summed E-state index contributed by atoms with van der Waals surface area (Å²) < 4.78 is 18.4. The Morgan fingerprint density at radius 2 is 1.85 bits per heavy atom. The van der Waals surface area contributed by atoms with E-state index < -0.39 is 0 Å². The van der Waals surface area contributed by atoms with Gasteiger partial charge >= 0.3 is 0 Å². The first kappa shape index (κ1) is 14.9. The van der Waals surface area contributed by atoms with Gasteiger partial charge in [0.25, 0.3) is 0 Å². The molecule has 0 aromatic heterocycles. The Bertz CT molecular complexity index is 571. The van der Waals surface area contributed by atoms with E-state index in [9.17, 15) is 4.39 Å². The molecule has 2 rings (SSSR count). The number of halogens is 2. The lowest BCUT2D eigenvalue weighted by atomic mass is 10.1. The molecule has 0 spiro atoms. The lowest BCUT2D eigenvalue weighted by molar-refractivity contribution is 0.414. The van der Waals surface area contributed by atoms with Gasteiger partial charge in [0.05, 0.1) is 7.11 Å². The van der Waals surface area contributed by atoms with E-state index in [-0.39, 0.29) is 5.82 Å². The van der Waals surface area contributed by atoms with E-state index in [1.165, 1.54) is 11.6 Å². The van der Waals surface area contributed by atoms with E-state index in [4.69, 9.17) is 4.74 Å². The Balaban J connectivity index is 2.16. The van der Waals surface area contributed by atoms with Gasteiger partial charge in [-0.15, -0.1) is 0 Å². The maximum absolute atomic E-state index is 13.3. The zero-order valence-corrected chi connectivity index (χ0v) is 13.2. The molecule has 20 heavy (non-hydrogen) atoms. The van der Waals surface area contributed by atoms with E-state index in [0.717, 1.165) is 23.5 Å². The molecule has 0 unspecified atom stereocenters. The van der Waals surface area contributed by atoms with Crippen LogP contribution in [0, 0.1) is 5.82 Å². The lowest BCUT2D eigenvalue weighted by Crippen LogP contribution is -2.17. The van der Waals surface area contributed by atoms with Gasteiger partial charge < -0.3 is 9.64 Å². The molecule has 0 saturated carbocycles. The molecule has 0 amide bonds. The number of methoxy groups -OCH3 is 1. The van der Waals surface area contributed by atoms with Crippen LogP contribution in [0.25, 0.3) is 0 Å². The SMILES string of the molecule is COc1ccc(CN(C)c2ccc(F)cc2CBr)cc1. The van der Waals surface area contributed by atoms with Gasteiger partial charge in [0.2, 0.25) is 0 Å². The fourth-order valence-corrected chi connectivity index (χ4v) is 2.57. The van der Waals surface area contributed by atoms with E-state index in [2.05, 4.69) is 20.8 Å². The molecule has 0 aliphatic rings. The van der Waals surface area contributed by atoms with Crippen LogP contribution in [0.1, 0.15) is 11.1 Å². The van der Waals surface area contributed by atoms with Crippen LogP contribution in [0.2, 0.25) is 0 Å². The van der Waals surface area contributed by atoms with Crippen molar-refractivity contribution in [1.29, 1.82) is 0 Å². The minimum absolute atomic E-state index is 0.207. The number of benzene rings is 2.